The number of carbonyl (C=O) groups is 1. The molecule has 0 radical (unpaired) electrons. The normalized spacial score (nSPS) is 41.0. The maximum atomic E-state index is 11.7. The fourth-order valence-corrected chi connectivity index (χ4v) is 9.87. The molecule has 10 atom stereocenters. The van der Waals surface area contributed by atoms with Gasteiger partial charge in [-0.2, -0.15) is 0 Å². The Morgan fingerprint density at radius 2 is 1.89 bits per heavy atom. The molecule has 0 spiro atoms. The van der Waals surface area contributed by atoms with Crippen LogP contribution in [0.5, 0.6) is 0 Å². The van der Waals surface area contributed by atoms with Crippen molar-refractivity contribution >= 4 is 11.7 Å². The molecule has 2 N–H and O–H groups in total. The standard InChI is InChI=1S/C31H45NO6/c1-19(8-13-29(34)35)24-11-12-25-23-10-9-21-16-22(38-18-20-6-4-5-7-27(20)32(36)37)14-15-30(21,2)26(23)17-28(33)31(24,25)3/h4-7,19,21-26,28,33H,8-18H2,1-3H3,(H,34,35)/t19-,21-,22-,23+,24-,25+,26+,28+,30+,31-/m1/s1. The molecule has 0 aliphatic heterocycles. The molecule has 4 saturated carbocycles. The zero-order valence-electron chi connectivity index (χ0n) is 23.2. The van der Waals surface area contributed by atoms with E-state index in [0.29, 0.717) is 47.5 Å². The van der Waals surface area contributed by atoms with Crippen molar-refractivity contribution in [2.75, 3.05) is 0 Å². The van der Waals surface area contributed by atoms with Gasteiger partial charge in [-0.05, 0) is 110 Å². The SMILES string of the molecule is C[C@H](CCC(=O)O)[C@H]1CC[C@H]2[C@@H]3CC[C@@H]4C[C@H](OCc5ccccc5[N+](=O)[O-])CC[C@]4(C)[C@H]3C[C@H](O)[C@]12C. The number of hydrogen-bond acceptors (Lipinski definition) is 5. The average Bonchev–Trinajstić information content (AvgIpc) is 3.25. The van der Waals surface area contributed by atoms with Gasteiger partial charge in [0, 0.05) is 12.5 Å². The van der Waals surface area contributed by atoms with Gasteiger partial charge in [0.2, 0.25) is 0 Å². The fourth-order valence-electron chi connectivity index (χ4n) is 9.87. The number of hydrogen-bond donors (Lipinski definition) is 2. The van der Waals surface area contributed by atoms with Gasteiger partial charge in [-0.15, -0.1) is 0 Å². The first-order valence-electron chi connectivity index (χ1n) is 14.8. The van der Waals surface area contributed by atoms with Gasteiger partial charge in [-0.1, -0.05) is 32.9 Å². The van der Waals surface area contributed by atoms with E-state index in [1.165, 1.54) is 12.8 Å². The van der Waals surface area contributed by atoms with Crippen molar-refractivity contribution in [3.8, 4) is 0 Å². The van der Waals surface area contributed by atoms with Crippen molar-refractivity contribution < 1.29 is 24.7 Å². The molecule has 0 amide bonds. The van der Waals surface area contributed by atoms with E-state index in [-0.39, 0.29) is 46.7 Å². The number of nitrogens with zero attached hydrogens (tertiary/aromatic N) is 1. The van der Waals surface area contributed by atoms with Crippen LogP contribution in [-0.2, 0) is 16.1 Å². The van der Waals surface area contributed by atoms with E-state index < -0.39 is 5.97 Å². The molecule has 1 aromatic rings. The van der Waals surface area contributed by atoms with Gasteiger partial charge in [-0.25, -0.2) is 0 Å². The summed E-state index contributed by atoms with van der Waals surface area (Å²) in [6.07, 6.45) is 9.21. The number of carboxylic acids is 1. The number of ether oxygens (including phenoxy) is 1. The lowest BCUT2D eigenvalue weighted by Gasteiger charge is -2.62. The van der Waals surface area contributed by atoms with Crippen molar-refractivity contribution in [3.05, 3.63) is 39.9 Å². The Morgan fingerprint density at radius 3 is 2.63 bits per heavy atom. The molecule has 1 aromatic carbocycles. The summed E-state index contributed by atoms with van der Waals surface area (Å²) in [4.78, 5) is 22.3. The second kappa shape index (κ2) is 10.5. The van der Waals surface area contributed by atoms with E-state index in [0.717, 1.165) is 38.5 Å². The smallest absolute Gasteiger partial charge is 0.303 e. The maximum Gasteiger partial charge on any atom is 0.303 e. The van der Waals surface area contributed by atoms with Crippen LogP contribution in [0.25, 0.3) is 0 Å². The molecule has 4 fully saturated rings. The number of carboxylic acid groups (broad SMARTS) is 1. The number of fused-ring (bicyclic) bond motifs is 5. The zero-order chi connectivity index (χ0) is 27.2. The molecule has 0 aromatic heterocycles. The quantitative estimate of drug-likeness (QED) is 0.291. The third-order valence-electron chi connectivity index (χ3n) is 12.0. The Labute approximate surface area is 226 Å². The summed E-state index contributed by atoms with van der Waals surface area (Å²) in [5.41, 5.74) is 0.835. The predicted molar refractivity (Wildman–Crippen MR) is 144 cm³/mol. The van der Waals surface area contributed by atoms with E-state index >= 15 is 0 Å². The van der Waals surface area contributed by atoms with E-state index in [9.17, 15) is 25.1 Å². The van der Waals surface area contributed by atoms with Gasteiger partial charge in [0.1, 0.15) is 0 Å². The highest BCUT2D eigenvalue weighted by Gasteiger charge is 2.63. The summed E-state index contributed by atoms with van der Waals surface area (Å²) in [5.74, 6) is 2.18. The number of aliphatic hydroxyl groups is 1. The lowest BCUT2D eigenvalue weighted by molar-refractivity contribution is -0.386. The zero-order valence-corrected chi connectivity index (χ0v) is 23.2. The highest BCUT2D eigenvalue weighted by atomic mass is 16.6. The third kappa shape index (κ3) is 4.68. The summed E-state index contributed by atoms with van der Waals surface area (Å²) in [6.45, 7) is 7.25. The monoisotopic (exact) mass is 527 g/mol. The van der Waals surface area contributed by atoms with Gasteiger partial charge in [-0.3, -0.25) is 14.9 Å². The van der Waals surface area contributed by atoms with Crippen LogP contribution in [0.1, 0.15) is 90.5 Å². The Morgan fingerprint density at radius 1 is 1.13 bits per heavy atom. The second-order valence-corrected chi connectivity index (χ2v) is 13.5. The first-order chi connectivity index (χ1) is 18.1. The second-order valence-electron chi connectivity index (χ2n) is 13.5. The van der Waals surface area contributed by atoms with Crippen molar-refractivity contribution in [3.63, 3.8) is 0 Å². The van der Waals surface area contributed by atoms with Gasteiger partial charge < -0.3 is 14.9 Å². The molecule has 0 bridgehead atoms. The summed E-state index contributed by atoms with van der Waals surface area (Å²) >= 11 is 0. The van der Waals surface area contributed by atoms with E-state index in [1.54, 1.807) is 18.2 Å². The molecule has 0 saturated heterocycles. The Kier molecular flexibility index (Phi) is 7.64. The molecule has 4 aliphatic carbocycles. The molecule has 38 heavy (non-hydrogen) atoms. The molecule has 7 heteroatoms. The van der Waals surface area contributed by atoms with Crippen LogP contribution in [0.2, 0.25) is 0 Å². The summed E-state index contributed by atoms with van der Waals surface area (Å²) in [5, 5.41) is 32.3. The molecule has 5 rings (SSSR count). The molecule has 0 heterocycles. The lowest BCUT2D eigenvalue weighted by atomic mass is 9.43. The number of para-hydroxylation sites is 1. The van der Waals surface area contributed by atoms with E-state index in [2.05, 4.69) is 20.8 Å². The predicted octanol–water partition coefficient (Wildman–Crippen LogP) is 6.61. The molecular weight excluding hydrogens is 482 g/mol. The number of nitro benzene ring substituents is 1. The number of benzene rings is 1. The topological polar surface area (TPSA) is 110 Å². The fraction of sp³-hybridized carbons (Fsp3) is 0.774. The number of nitro groups is 1. The summed E-state index contributed by atoms with van der Waals surface area (Å²) in [7, 11) is 0. The third-order valence-corrected chi connectivity index (χ3v) is 12.0. The molecule has 7 nitrogen and oxygen atoms in total. The average molecular weight is 528 g/mol. The van der Waals surface area contributed by atoms with Gasteiger partial charge in [0.25, 0.3) is 5.69 Å². The number of aliphatic carboxylic acids is 1. The lowest BCUT2D eigenvalue weighted by Crippen LogP contribution is -2.58. The van der Waals surface area contributed by atoms with E-state index in [1.807, 2.05) is 6.07 Å². The highest BCUT2D eigenvalue weighted by Crippen LogP contribution is 2.68. The molecule has 4 aliphatic rings. The van der Waals surface area contributed by atoms with Crippen LogP contribution in [-0.4, -0.2) is 33.3 Å². The van der Waals surface area contributed by atoms with Crippen LogP contribution in [0.3, 0.4) is 0 Å². The van der Waals surface area contributed by atoms with Crippen LogP contribution in [0.4, 0.5) is 5.69 Å². The molecular formula is C31H45NO6. The van der Waals surface area contributed by atoms with E-state index in [4.69, 9.17) is 4.74 Å². The Bertz CT molecular complexity index is 1040. The van der Waals surface area contributed by atoms with Crippen molar-refractivity contribution in [2.45, 2.75) is 104 Å². The maximum absolute atomic E-state index is 11.7. The first-order valence-corrected chi connectivity index (χ1v) is 14.8. The van der Waals surface area contributed by atoms with Gasteiger partial charge in [0.15, 0.2) is 0 Å². The van der Waals surface area contributed by atoms with Crippen LogP contribution < -0.4 is 0 Å². The summed E-state index contributed by atoms with van der Waals surface area (Å²) in [6, 6.07) is 6.85. The number of aliphatic hydroxyl groups excluding tert-OH is 1. The minimum absolute atomic E-state index is 0.118. The Hall–Kier alpha value is -1.99. The van der Waals surface area contributed by atoms with Crippen molar-refractivity contribution in [2.24, 2.45) is 46.3 Å². The first kappa shape index (κ1) is 27.6. The largest absolute Gasteiger partial charge is 0.481 e. The van der Waals surface area contributed by atoms with Gasteiger partial charge in [0.05, 0.1) is 29.3 Å². The van der Waals surface area contributed by atoms with Gasteiger partial charge >= 0.3 is 5.97 Å². The number of rotatable bonds is 8. The van der Waals surface area contributed by atoms with Crippen molar-refractivity contribution in [1.29, 1.82) is 0 Å². The minimum Gasteiger partial charge on any atom is -0.481 e. The summed E-state index contributed by atoms with van der Waals surface area (Å²) < 4.78 is 6.28. The van der Waals surface area contributed by atoms with Crippen LogP contribution in [0.15, 0.2) is 24.3 Å². The van der Waals surface area contributed by atoms with Crippen LogP contribution in [0, 0.1) is 56.5 Å². The van der Waals surface area contributed by atoms with Crippen molar-refractivity contribution in [1.82, 2.24) is 0 Å². The highest BCUT2D eigenvalue weighted by molar-refractivity contribution is 5.66. The minimum atomic E-state index is -0.728. The molecule has 0 unspecified atom stereocenters. The Balaban J connectivity index is 1.26. The molecule has 210 valence electrons. The van der Waals surface area contributed by atoms with Crippen LogP contribution >= 0.6 is 0 Å².